The van der Waals surface area contributed by atoms with E-state index in [4.69, 9.17) is 18.9 Å². The number of hydrogen-bond donors (Lipinski definition) is 2. The maximum absolute atomic E-state index is 11.6. The van der Waals surface area contributed by atoms with Gasteiger partial charge in [-0.3, -0.25) is 24.0 Å². The van der Waals surface area contributed by atoms with Crippen LogP contribution in [-0.4, -0.2) is 71.5 Å². The topological polar surface area (TPSA) is 155 Å². The number of carbonyl (C=O) groups excluding carboxylic acids is 5. The Balaban J connectivity index is 3.44. The lowest BCUT2D eigenvalue weighted by Gasteiger charge is -2.48. The molecule has 158 valence electrons. The highest BCUT2D eigenvalue weighted by molar-refractivity contribution is 5.74. The highest BCUT2D eigenvalue weighted by atomic mass is 16.6. The largest absolute Gasteiger partial charge is 0.463 e. The Morgan fingerprint density at radius 3 is 1.79 bits per heavy atom. The minimum atomic E-state index is -2.03. The Bertz CT molecular complexity index is 648. The molecular formula is C17H25NO10. The van der Waals surface area contributed by atoms with Crippen molar-refractivity contribution in [2.75, 3.05) is 6.61 Å². The number of rotatable bonds is 6. The molecule has 1 aliphatic rings. The van der Waals surface area contributed by atoms with Gasteiger partial charge in [-0.15, -0.1) is 0 Å². The molecule has 1 fully saturated rings. The zero-order valence-electron chi connectivity index (χ0n) is 16.3. The number of amides is 1. The van der Waals surface area contributed by atoms with E-state index in [1.54, 1.807) is 0 Å². The van der Waals surface area contributed by atoms with Crippen LogP contribution in [0.15, 0.2) is 0 Å². The summed E-state index contributed by atoms with van der Waals surface area (Å²) in [5.41, 5.74) is -2.03. The molecule has 0 radical (unpaired) electrons. The minimum absolute atomic E-state index is 0.312. The fraction of sp³-hybridized carbons (Fsp3) is 0.706. The summed E-state index contributed by atoms with van der Waals surface area (Å²) in [7, 11) is 0. The highest BCUT2D eigenvalue weighted by Gasteiger charge is 2.58. The van der Waals surface area contributed by atoms with Crippen LogP contribution < -0.4 is 5.32 Å². The Morgan fingerprint density at radius 1 is 0.857 bits per heavy atom. The predicted octanol–water partition coefficient (Wildman–Crippen LogP) is -1.02. The Hall–Kier alpha value is -2.69. The highest BCUT2D eigenvalue weighted by Crippen LogP contribution is 2.36. The van der Waals surface area contributed by atoms with Gasteiger partial charge in [0.15, 0.2) is 18.3 Å². The summed E-state index contributed by atoms with van der Waals surface area (Å²) in [6.45, 7) is 4.95. The van der Waals surface area contributed by atoms with Gasteiger partial charge >= 0.3 is 23.9 Å². The van der Waals surface area contributed by atoms with Crippen LogP contribution in [0.5, 0.6) is 0 Å². The molecule has 0 aromatic rings. The number of esters is 4. The normalized spacial score (nSPS) is 29.2. The molecule has 2 N–H and O–H groups in total. The first kappa shape index (κ1) is 23.3. The number of hydrogen-bond acceptors (Lipinski definition) is 10. The number of nitrogens with one attached hydrogen (secondary N) is 1. The second-order valence-electron chi connectivity index (χ2n) is 6.57. The van der Waals surface area contributed by atoms with Crippen LogP contribution in [0.25, 0.3) is 0 Å². The summed E-state index contributed by atoms with van der Waals surface area (Å²) in [5, 5.41) is 13.6. The lowest BCUT2D eigenvalue weighted by Crippen LogP contribution is -2.70. The van der Waals surface area contributed by atoms with E-state index in [1.165, 1.54) is 6.92 Å². The quantitative estimate of drug-likeness (QED) is 0.416. The molecule has 1 rings (SSSR count). The van der Waals surface area contributed by atoms with Crippen molar-refractivity contribution in [3.63, 3.8) is 0 Å². The van der Waals surface area contributed by atoms with E-state index in [1.807, 2.05) is 0 Å². The van der Waals surface area contributed by atoms with Crippen molar-refractivity contribution in [2.45, 2.75) is 71.0 Å². The van der Waals surface area contributed by atoms with Gasteiger partial charge in [-0.1, -0.05) is 0 Å². The van der Waals surface area contributed by atoms with E-state index >= 15 is 0 Å². The van der Waals surface area contributed by atoms with Crippen molar-refractivity contribution < 1.29 is 48.0 Å². The lowest BCUT2D eigenvalue weighted by atomic mass is 9.75. The van der Waals surface area contributed by atoms with Crippen LogP contribution in [0.3, 0.4) is 0 Å². The summed E-state index contributed by atoms with van der Waals surface area (Å²) in [6, 6.07) is -1.02. The van der Waals surface area contributed by atoms with Crippen molar-refractivity contribution in [2.24, 2.45) is 0 Å². The molecule has 0 aliphatic heterocycles. The molecule has 28 heavy (non-hydrogen) atoms. The van der Waals surface area contributed by atoms with Gasteiger partial charge in [0.1, 0.15) is 12.2 Å². The van der Waals surface area contributed by atoms with Crippen molar-refractivity contribution >= 4 is 29.8 Å². The molecule has 0 aromatic carbocycles. The van der Waals surface area contributed by atoms with Gasteiger partial charge in [-0.25, -0.2) is 0 Å². The summed E-state index contributed by atoms with van der Waals surface area (Å²) >= 11 is 0. The molecule has 0 saturated heterocycles. The molecular weight excluding hydrogens is 378 g/mol. The average Bonchev–Trinajstić information content (AvgIpc) is 2.51. The smallest absolute Gasteiger partial charge is 0.303 e. The van der Waals surface area contributed by atoms with Gasteiger partial charge in [0.25, 0.3) is 0 Å². The molecule has 0 spiro atoms. The first-order valence-electron chi connectivity index (χ1n) is 8.50. The zero-order chi connectivity index (χ0) is 21.6. The first-order valence-corrected chi connectivity index (χ1v) is 8.50. The van der Waals surface area contributed by atoms with Crippen molar-refractivity contribution in [1.82, 2.24) is 5.32 Å². The summed E-state index contributed by atoms with van der Waals surface area (Å²) < 4.78 is 20.4. The predicted molar refractivity (Wildman–Crippen MR) is 90.5 cm³/mol. The SMILES string of the molecule is CC(=O)N[C@H]1C[C@](O)(COC(C)=O)[C@@H](OC(C)=O)[C@H](OC(C)=O)[C@H]1OC(C)=O. The standard InChI is InChI=1S/C17H25NO10/c1-8(19)18-13-6-17(24,7-25-9(2)20)16(28-12(5)23)15(27-11(4)22)14(13)26-10(3)21/h13-16,24H,6-7H2,1-5H3,(H,18,19)/t13-,14-,15+,16-,17-/m0/s1. The van der Waals surface area contributed by atoms with Crippen molar-refractivity contribution in [3.8, 4) is 0 Å². The van der Waals surface area contributed by atoms with Crippen LogP contribution in [0.4, 0.5) is 0 Å². The van der Waals surface area contributed by atoms with E-state index in [9.17, 15) is 29.1 Å². The van der Waals surface area contributed by atoms with Crippen LogP contribution in [-0.2, 0) is 42.9 Å². The molecule has 11 nitrogen and oxygen atoms in total. The van der Waals surface area contributed by atoms with Gasteiger partial charge in [-0.2, -0.15) is 0 Å². The monoisotopic (exact) mass is 403 g/mol. The summed E-state index contributed by atoms with van der Waals surface area (Å²) in [6.07, 6.45) is -4.56. The average molecular weight is 403 g/mol. The third kappa shape index (κ3) is 6.48. The Kier molecular flexibility index (Phi) is 7.91. The Labute approximate surface area is 161 Å². The van der Waals surface area contributed by atoms with Crippen molar-refractivity contribution in [3.05, 3.63) is 0 Å². The third-order valence-electron chi connectivity index (χ3n) is 3.93. The fourth-order valence-corrected chi connectivity index (χ4v) is 3.10. The van der Waals surface area contributed by atoms with E-state index in [2.05, 4.69) is 5.32 Å². The van der Waals surface area contributed by atoms with Gasteiger partial charge in [-0.05, 0) is 0 Å². The van der Waals surface area contributed by atoms with E-state index in [-0.39, 0.29) is 6.42 Å². The van der Waals surface area contributed by atoms with E-state index in [0.717, 1.165) is 27.7 Å². The van der Waals surface area contributed by atoms with Gasteiger partial charge in [0.2, 0.25) is 5.91 Å². The van der Waals surface area contributed by atoms with Gasteiger partial charge in [0, 0.05) is 41.0 Å². The number of ether oxygens (including phenoxy) is 4. The molecule has 0 bridgehead atoms. The number of aliphatic hydroxyl groups is 1. The van der Waals surface area contributed by atoms with Crippen LogP contribution >= 0.6 is 0 Å². The molecule has 11 heteroatoms. The molecule has 0 heterocycles. The molecule has 0 unspecified atom stereocenters. The lowest BCUT2D eigenvalue weighted by molar-refractivity contribution is -0.238. The van der Waals surface area contributed by atoms with E-state index in [0.29, 0.717) is 0 Å². The van der Waals surface area contributed by atoms with Crippen LogP contribution in [0, 0.1) is 0 Å². The van der Waals surface area contributed by atoms with Crippen LogP contribution in [0.1, 0.15) is 41.0 Å². The molecule has 1 amide bonds. The first-order chi connectivity index (χ1) is 12.9. The fourth-order valence-electron chi connectivity index (χ4n) is 3.10. The maximum Gasteiger partial charge on any atom is 0.303 e. The summed E-state index contributed by atoms with van der Waals surface area (Å²) in [4.78, 5) is 57.6. The maximum atomic E-state index is 11.6. The minimum Gasteiger partial charge on any atom is -0.463 e. The third-order valence-corrected chi connectivity index (χ3v) is 3.93. The summed E-state index contributed by atoms with van der Waals surface area (Å²) in [5.74, 6) is -3.59. The second kappa shape index (κ2) is 9.49. The zero-order valence-corrected chi connectivity index (χ0v) is 16.3. The van der Waals surface area contributed by atoms with Gasteiger partial charge in [0.05, 0.1) is 6.04 Å². The molecule has 1 saturated carbocycles. The van der Waals surface area contributed by atoms with E-state index < -0.39 is 66.3 Å². The van der Waals surface area contributed by atoms with Gasteiger partial charge < -0.3 is 29.4 Å². The van der Waals surface area contributed by atoms with Crippen molar-refractivity contribution in [1.29, 1.82) is 0 Å². The molecule has 5 atom stereocenters. The van der Waals surface area contributed by atoms with Crippen LogP contribution in [0.2, 0.25) is 0 Å². The molecule has 0 aromatic heterocycles. The number of carbonyl (C=O) groups is 5. The second-order valence-corrected chi connectivity index (χ2v) is 6.57. The Morgan fingerprint density at radius 2 is 1.36 bits per heavy atom. The molecule has 1 aliphatic carbocycles.